The highest BCUT2D eigenvalue weighted by molar-refractivity contribution is 5.76. The van der Waals surface area contributed by atoms with Crippen LogP contribution in [0.5, 0.6) is 0 Å². The number of anilines is 3. The highest BCUT2D eigenvalue weighted by Crippen LogP contribution is 2.31. The minimum Gasteiger partial charge on any atom is -0.397 e. The molecule has 2 atom stereocenters. The Morgan fingerprint density at radius 2 is 1.20 bits per heavy atom. The van der Waals surface area contributed by atoms with Crippen LogP contribution in [0.25, 0.3) is 22.3 Å². The van der Waals surface area contributed by atoms with Gasteiger partial charge in [-0.25, -0.2) is 0 Å². The van der Waals surface area contributed by atoms with Crippen LogP contribution in [0.1, 0.15) is 25.0 Å². The van der Waals surface area contributed by atoms with Gasteiger partial charge in [-0.2, -0.15) is 0 Å². The van der Waals surface area contributed by atoms with Gasteiger partial charge in [-0.15, -0.1) is 0 Å². The summed E-state index contributed by atoms with van der Waals surface area (Å²) >= 11 is 0. The number of methoxy groups -OCH3 is 2. The van der Waals surface area contributed by atoms with Crippen LogP contribution in [-0.4, -0.2) is 53.6 Å². The summed E-state index contributed by atoms with van der Waals surface area (Å²) in [7, 11) is 6.71. The number of aromatic nitrogens is 2. The van der Waals surface area contributed by atoms with E-state index in [1.165, 1.54) is 10.6 Å². The molecule has 2 aromatic heterocycles. The Bertz CT molecular complexity index is 1750. The number of hydrogen-bond donors (Lipinski definition) is 3. The van der Waals surface area contributed by atoms with Crippen molar-refractivity contribution < 1.29 is 14.4 Å². The van der Waals surface area contributed by atoms with Crippen molar-refractivity contribution in [2.24, 2.45) is 14.1 Å². The van der Waals surface area contributed by atoms with Crippen LogP contribution in [-0.2, 0) is 23.6 Å². The zero-order valence-corrected chi connectivity index (χ0v) is 27.7. The van der Waals surface area contributed by atoms with Crippen LogP contribution in [0.2, 0.25) is 0 Å². The first-order chi connectivity index (χ1) is 21.7. The van der Waals surface area contributed by atoms with E-state index in [-0.39, 0.29) is 29.0 Å². The number of nitrogens with two attached hydrogens (primary N) is 1. The molecule has 12 heteroatoms. The Morgan fingerprint density at radius 3 is 1.63 bits per heavy atom. The number of nitrogens with one attached hydrogen (secondary N) is 2. The van der Waals surface area contributed by atoms with Gasteiger partial charge in [0.05, 0.1) is 28.5 Å². The third-order valence-corrected chi connectivity index (χ3v) is 7.60. The molecule has 4 rings (SSSR count). The lowest BCUT2D eigenvalue weighted by molar-refractivity contribution is -0.384. The molecule has 0 fully saturated rings. The first-order valence-corrected chi connectivity index (χ1v) is 14.8. The third kappa shape index (κ3) is 9.05. The predicted octanol–water partition coefficient (Wildman–Crippen LogP) is 5.11. The Labute approximate surface area is 268 Å². The van der Waals surface area contributed by atoms with Crippen molar-refractivity contribution in [2.75, 3.05) is 43.7 Å². The summed E-state index contributed by atoms with van der Waals surface area (Å²) < 4.78 is 13.5. The highest BCUT2D eigenvalue weighted by Gasteiger charge is 2.16. The van der Waals surface area contributed by atoms with E-state index >= 15 is 0 Å². The minimum absolute atomic E-state index is 0.00333. The zero-order valence-electron chi connectivity index (χ0n) is 27.7. The van der Waals surface area contributed by atoms with Gasteiger partial charge in [0.1, 0.15) is 5.69 Å². The number of rotatable bonds is 11. The van der Waals surface area contributed by atoms with Crippen molar-refractivity contribution in [1.82, 2.24) is 9.13 Å². The highest BCUT2D eigenvalue weighted by atomic mass is 16.6. The van der Waals surface area contributed by atoms with Crippen molar-refractivity contribution in [1.29, 1.82) is 0 Å². The minimum atomic E-state index is -0.421. The molecule has 0 bridgehead atoms. The normalized spacial score (nSPS) is 12.1. The molecule has 0 aliphatic heterocycles. The molecule has 2 unspecified atom stereocenters. The topological polar surface area (TPSA) is 156 Å². The molecule has 0 amide bonds. The molecule has 0 spiro atoms. The van der Waals surface area contributed by atoms with Crippen LogP contribution in [0, 0.1) is 24.0 Å². The van der Waals surface area contributed by atoms with Crippen molar-refractivity contribution in [3.63, 3.8) is 0 Å². The van der Waals surface area contributed by atoms with E-state index in [0.717, 1.165) is 33.5 Å². The number of nitro benzene ring substituents is 1. The number of nitrogen functional groups attached to an aromatic ring is 1. The predicted molar refractivity (Wildman–Crippen MR) is 185 cm³/mol. The first-order valence-electron chi connectivity index (χ1n) is 14.8. The van der Waals surface area contributed by atoms with Gasteiger partial charge in [0.2, 0.25) is 0 Å². The van der Waals surface area contributed by atoms with E-state index in [4.69, 9.17) is 15.2 Å². The van der Waals surface area contributed by atoms with E-state index in [2.05, 4.69) is 10.6 Å². The molecular formula is C34H44N6O6. The van der Waals surface area contributed by atoms with Crippen molar-refractivity contribution in [2.45, 2.75) is 39.9 Å². The molecule has 0 saturated carbocycles. The fraction of sp³-hybridized carbons (Fsp3) is 0.353. The summed E-state index contributed by atoms with van der Waals surface area (Å²) in [5.74, 6) is 0. The molecule has 0 saturated heterocycles. The van der Waals surface area contributed by atoms with Crippen LogP contribution in [0.4, 0.5) is 22.7 Å². The lowest BCUT2D eigenvalue weighted by atomic mass is 10.0. The van der Waals surface area contributed by atoms with Crippen molar-refractivity contribution in [3.05, 3.63) is 103 Å². The zero-order chi connectivity index (χ0) is 34.1. The monoisotopic (exact) mass is 632 g/mol. The van der Waals surface area contributed by atoms with Gasteiger partial charge >= 0.3 is 0 Å². The molecule has 0 aliphatic rings. The average molecular weight is 633 g/mol. The molecule has 0 aliphatic carbocycles. The fourth-order valence-corrected chi connectivity index (χ4v) is 4.65. The summed E-state index contributed by atoms with van der Waals surface area (Å²) in [6.07, 6.45) is 3.58. The Kier molecular flexibility index (Phi) is 12.3. The number of pyridine rings is 2. The Morgan fingerprint density at radius 1 is 0.761 bits per heavy atom. The van der Waals surface area contributed by atoms with Gasteiger partial charge < -0.3 is 35.0 Å². The van der Waals surface area contributed by atoms with E-state index < -0.39 is 4.92 Å². The van der Waals surface area contributed by atoms with Crippen molar-refractivity contribution >= 4 is 22.7 Å². The van der Waals surface area contributed by atoms with Crippen LogP contribution in [0.3, 0.4) is 0 Å². The molecular weight excluding hydrogens is 588 g/mol. The largest absolute Gasteiger partial charge is 0.397 e. The smallest absolute Gasteiger partial charge is 0.292 e. The summed E-state index contributed by atoms with van der Waals surface area (Å²) in [6, 6.07) is 14.4. The van der Waals surface area contributed by atoms with Crippen molar-refractivity contribution in [3.8, 4) is 22.3 Å². The molecule has 246 valence electrons. The second-order valence-corrected chi connectivity index (χ2v) is 11.3. The second-order valence-electron chi connectivity index (χ2n) is 11.3. The van der Waals surface area contributed by atoms with E-state index in [1.807, 2.05) is 51.2 Å². The number of aryl methyl sites for hydroxylation is 4. The summed E-state index contributed by atoms with van der Waals surface area (Å²) in [5.41, 5.74) is 12.9. The van der Waals surface area contributed by atoms with Gasteiger partial charge in [-0.3, -0.25) is 19.7 Å². The quantitative estimate of drug-likeness (QED) is 0.116. The number of ether oxygens (including phenoxy) is 2. The molecule has 2 heterocycles. The number of nitrogens with zero attached hydrogens (tertiary/aromatic N) is 3. The molecule has 2 aromatic carbocycles. The summed E-state index contributed by atoms with van der Waals surface area (Å²) in [6.45, 7) is 8.56. The lowest BCUT2D eigenvalue weighted by Gasteiger charge is -2.15. The number of hydrogen-bond acceptors (Lipinski definition) is 9. The molecule has 46 heavy (non-hydrogen) atoms. The van der Waals surface area contributed by atoms with E-state index in [0.29, 0.717) is 30.0 Å². The first kappa shape index (κ1) is 35.5. The number of benzene rings is 2. The average Bonchev–Trinajstić information content (AvgIpc) is 3.03. The SMILES string of the molecule is COC(C)CNc1cc(-c2cc(C)c(=O)n(C)c2)ccc1N.COC(C)CNc1cc(-c2cc(C)c(=O)n(C)c2)ccc1[N+](=O)[O-]. The second kappa shape index (κ2) is 15.9. The maximum absolute atomic E-state index is 11.8. The number of nitro groups is 1. The molecule has 0 radical (unpaired) electrons. The fourth-order valence-electron chi connectivity index (χ4n) is 4.65. The maximum Gasteiger partial charge on any atom is 0.292 e. The molecule has 12 nitrogen and oxygen atoms in total. The van der Waals surface area contributed by atoms with Crippen LogP contribution >= 0.6 is 0 Å². The maximum atomic E-state index is 11.8. The van der Waals surface area contributed by atoms with Gasteiger partial charge in [-0.05, 0) is 86.3 Å². The summed E-state index contributed by atoms with van der Waals surface area (Å²) in [4.78, 5) is 34.4. The van der Waals surface area contributed by atoms with E-state index in [9.17, 15) is 19.7 Å². The Balaban J connectivity index is 0.000000251. The molecule has 4 aromatic rings. The van der Waals surface area contributed by atoms with Gasteiger partial charge in [0.15, 0.2) is 0 Å². The lowest BCUT2D eigenvalue weighted by Crippen LogP contribution is -2.19. The Hall–Kier alpha value is -4.94. The van der Waals surface area contributed by atoms with E-state index in [1.54, 1.807) is 64.2 Å². The van der Waals surface area contributed by atoms with Gasteiger partial charge in [-0.1, -0.05) is 6.07 Å². The molecule has 4 N–H and O–H groups in total. The van der Waals surface area contributed by atoms with Gasteiger partial charge in [0, 0.05) is 71.0 Å². The summed E-state index contributed by atoms with van der Waals surface area (Å²) in [5, 5.41) is 17.6. The van der Waals surface area contributed by atoms with Crippen LogP contribution in [0.15, 0.2) is 70.5 Å². The van der Waals surface area contributed by atoms with Gasteiger partial charge in [0.25, 0.3) is 16.8 Å². The van der Waals surface area contributed by atoms with Crippen LogP contribution < -0.4 is 27.5 Å². The third-order valence-electron chi connectivity index (χ3n) is 7.60. The standard InChI is InChI=1S/C17H21N3O4.C17H23N3O2/c1-11-7-14(10-19(3)17(11)21)13-5-6-16(20(22)23)15(8-13)18-9-12(2)24-4;1-11-7-14(10-20(3)17(11)21)13-5-6-15(18)16(8-13)19-9-12(2)22-4/h5-8,10,12,18H,9H2,1-4H3;5-8,10,12,19H,9,18H2,1-4H3.